The lowest BCUT2D eigenvalue weighted by Gasteiger charge is -2.34. The summed E-state index contributed by atoms with van der Waals surface area (Å²) in [7, 11) is -4.35. The number of benzene rings is 4. The number of aryl methyl sites for hydroxylation is 1. The first-order valence-electron chi connectivity index (χ1n) is 15.8. The van der Waals surface area contributed by atoms with E-state index in [4.69, 9.17) is 4.74 Å². The number of ether oxygens (including phenoxy) is 1. The lowest BCUT2D eigenvalue weighted by atomic mass is 10.0. The third kappa shape index (κ3) is 9.65. The van der Waals surface area contributed by atoms with Gasteiger partial charge in [-0.05, 0) is 79.9 Å². The maximum atomic E-state index is 14.5. The number of unbranched alkanes of at least 4 members (excludes halogenated alkanes) is 1. The summed E-state index contributed by atoms with van der Waals surface area (Å²) in [5, 5.41) is 2.99. The standard InChI is InChI=1S/C37H42FN3O5S/c1-4-6-23-39-37(43)35(25-29-12-8-7-9-13-29)40(26-30-14-10-11-28(3)24-30)36(42)27-41(32-17-19-33(20-18-32)46-5-2)47(44,45)34-21-15-31(38)16-22-34/h7-22,24,35H,4-6,23,25-27H2,1-3H3,(H,39,43)/t35-/m1/s1. The van der Waals surface area contributed by atoms with Gasteiger partial charge in [-0.1, -0.05) is 73.5 Å². The van der Waals surface area contributed by atoms with Gasteiger partial charge in [-0.3, -0.25) is 13.9 Å². The van der Waals surface area contributed by atoms with Crippen molar-refractivity contribution in [1.82, 2.24) is 10.2 Å². The van der Waals surface area contributed by atoms with Gasteiger partial charge in [0, 0.05) is 19.5 Å². The van der Waals surface area contributed by atoms with E-state index in [9.17, 15) is 22.4 Å². The SMILES string of the molecule is CCCCNC(=O)[C@@H](Cc1ccccc1)N(Cc1cccc(C)c1)C(=O)CN(c1ccc(OCC)cc1)S(=O)(=O)c1ccc(F)cc1. The van der Waals surface area contributed by atoms with Gasteiger partial charge in [0.15, 0.2) is 0 Å². The van der Waals surface area contributed by atoms with Gasteiger partial charge in [0.25, 0.3) is 10.0 Å². The molecule has 2 amide bonds. The van der Waals surface area contributed by atoms with Gasteiger partial charge < -0.3 is 15.0 Å². The number of hydrogen-bond donors (Lipinski definition) is 1. The molecule has 0 aromatic heterocycles. The van der Waals surface area contributed by atoms with E-state index in [1.807, 2.05) is 75.4 Å². The van der Waals surface area contributed by atoms with E-state index in [2.05, 4.69) is 5.32 Å². The Morgan fingerprint density at radius 1 is 0.872 bits per heavy atom. The van der Waals surface area contributed by atoms with E-state index < -0.39 is 34.3 Å². The first-order chi connectivity index (χ1) is 22.6. The third-order valence-corrected chi connectivity index (χ3v) is 9.44. The lowest BCUT2D eigenvalue weighted by Crippen LogP contribution is -2.53. The van der Waals surface area contributed by atoms with Crippen LogP contribution in [0, 0.1) is 12.7 Å². The average Bonchev–Trinajstić information content (AvgIpc) is 3.06. The molecule has 0 unspecified atom stereocenters. The maximum absolute atomic E-state index is 14.5. The molecule has 4 rings (SSSR count). The predicted octanol–water partition coefficient (Wildman–Crippen LogP) is 6.28. The van der Waals surface area contributed by atoms with Gasteiger partial charge in [-0.15, -0.1) is 0 Å². The van der Waals surface area contributed by atoms with E-state index in [0.29, 0.717) is 18.9 Å². The molecule has 0 radical (unpaired) electrons. The second-order valence-corrected chi connectivity index (χ2v) is 13.1. The molecule has 10 heteroatoms. The maximum Gasteiger partial charge on any atom is 0.264 e. The van der Waals surface area contributed by atoms with Crippen molar-refractivity contribution in [2.24, 2.45) is 0 Å². The molecule has 4 aromatic rings. The normalized spacial score (nSPS) is 11.8. The number of nitrogens with one attached hydrogen (secondary N) is 1. The molecule has 8 nitrogen and oxygen atoms in total. The third-order valence-electron chi connectivity index (χ3n) is 7.65. The largest absolute Gasteiger partial charge is 0.494 e. The number of carbonyl (C=O) groups is 2. The van der Waals surface area contributed by atoms with Gasteiger partial charge in [0.1, 0.15) is 24.2 Å². The fourth-order valence-corrected chi connectivity index (χ4v) is 6.62. The molecule has 0 aliphatic heterocycles. The second-order valence-electron chi connectivity index (χ2n) is 11.3. The van der Waals surface area contributed by atoms with Crippen LogP contribution >= 0.6 is 0 Å². The molecule has 47 heavy (non-hydrogen) atoms. The quantitative estimate of drug-likeness (QED) is 0.143. The molecule has 0 saturated heterocycles. The zero-order chi connectivity index (χ0) is 33.8. The molecule has 0 fully saturated rings. The van der Waals surface area contributed by atoms with E-state index in [1.165, 1.54) is 17.0 Å². The highest BCUT2D eigenvalue weighted by Crippen LogP contribution is 2.27. The molecule has 1 atom stereocenters. The zero-order valence-electron chi connectivity index (χ0n) is 27.1. The fourth-order valence-electron chi connectivity index (χ4n) is 5.21. The Morgan fingerprint density at radius 2 is 1.55 bits per heavy atom. The van der Waals surface area contributed by atoms with Gasteiger partial charge in [-0.2, -0.15) is 0 Å². The highest BCUT2D eigenvalue weighted by Gasteiger charge is 2.34. The molecule has 248 valence electrons. The van der Waals surface area contributed by atoms with Crippen molar-refractivity contribution >= 4 is 27.5 Å². The van der Waals surface area contributed by atoms with E-state index in [0.717, 1.165) is 46.0 Å². The molecule has 0 saturated carbocycles. The van der Waals surface area contributed by atoms with Crippen LogP contribution in [-0.2, 0) is 32.6 Å². The highest BCUT2D eigenvalue weighted by atomic mass is 32.2. The van der Waals surface area contributed by atoms with Crippen LogP contribution in [0.1, 0.15) is 43.4 Å². The summed E-state index contributed by atoms with van der Waals surface area (Å²) in [4.78, 5) is 29.7. The van der Waals surface area contributed by atoms with Crippen molar-refractivity contribution in [1.29, 1.82) is 0 Å². The number of nitrogens with zero attached hydrogens (tertiary/aromatic N) is 2. The number of amides is 2. The summed E-state index contributed by atoms with van der Waals surface area (Å²) >= 11 is 0. The Bertz CT molecular complexity index is 1720. The number of hydrogen-bond acceptors (Lipinski definition) is 5. The minimum Gasteiger partial charge on any atom is -0.494 e. The molecule has 0 bridgehead atoms. The molecule has 0 aliphatic rings. The van der Waals surface area contributed by atoms with Crippen LogP contribution in [0.25, 0.3) is 0 Å². The summed E-state index contributed by atoms with van der Waals surface area (Å²) in [6, 6.07) is 26.9. The summed E-state index contributed by atoms with van der Waals surface area (Å²) in [6.07, 6.45) is 1.88. The first kappa shape index (κ1) is 35.2. The van der Waals surface area contributed by atoms with Crippen molar-refractivity contribution in [3.8, 4) is 5.75 Å². The predicted molar refractivity (Wildman–Crippen MR) is 182 cm³/mol. The van der Waals surface area contributed by atoms with Gasteiger partial charge in [0.2, 0.25) is 11.8 Å². The number of rotatable bonds is 16. The number of sulfonamides is 1. The van der Waals surface area contributed by atoms with E-state index in [-0.39, 0.29) is 29.5 Å². The zero-order valence-corrected chi connectivity index (χ0v) is 27.9. The molecular weight excluding hydrogens is 617 g/mol. The Morgan fingerprint density at radius 3 is 2.19 bits per heavy atom. The van der Waals surface area contributed by atoms with Gasteiger partial charge in [0.05, 0.1) is 17.2 Å². The van der Waals surface area contributed by atoms with Crippen molar-refractivity contribution in [2.45, 2.75) is 57.5 Å². The van der Waals surface area contributed by atoms with E-state index in [1.54, 1.807) is 24.3 Å². The van der Waals surface area contributed by atoms with Crippen LogP contribution in [0.3, 0.4) is 0 Å². The van der Waals surface area contributed by atoms with Gasteiger partial charge >= 0.3 is 0 Å². The summed E-state index contributed by atoms with van der Waals surface area (Å²) in [5.74, 6) is -0.945. The molecule has 4 aromatic carbocycles. The Labute approximate surface area is 277 Å². The summed E-state index contributed by atoms with van der Waals surface area (Å²) in [5.41, 5.74) is 2.85. The van der Waals surface area contributed by atoms with Crippen molar-refractivity contribution < 1.29 is 27.1 Å². The molecular formula is C37H42FN3O5S. The molecule has 0 heterocycles. The van der Waals surface area contributed by atoms with Crippen molar-refractivity contribution in [3.05, 3.63) is 126 Å². The fraction of sp³-hybridized carbons (Fsp3) is 0.297. The summed E-state index contributed by atoms with van der Waals surface area (Å²) in [6.45, 7) is 6.15. The monoisotopic (exact) mass is 659 g/mol. The van der Waals surface area contributed by atoms with Crippen molar-refractivity contribution in [2.75, 3.05) is 24.0 Å². The minimum absolute atomic E-state index is 0.0763. The smallest absolute Gasteiger partial charge is 0.264 e. The van der Waals surface area contributed by atoms with Gasteiger partial charge in [-0.25, -0.2) is 12.8 Å². The van der Waals surface area contributed by atoms with Crippen LogP contribution < -0.4 is 14.4 Å². The Balaban J connectivity index is 1.79. The van der Waals surface area contributed by atoms with E-state index >= 15 is 0 Å². The second kappa shape index (κ2) is 16.7. The molecule has 0 spiro atoms. The minimum atomic E-state index is -4.35. The highest BCUT2D eigenvalue weighted by molar-refractivity contribution is 7.92. The van der Waals surface area contributed by atoms with Crippen molar-refractivity contribution in [3.63, 3.8) is 0 Å². The molecule has 1 N–H and O–H groups in total. The lowest BCUT2D eigenvalue weighted by molar-refractivity contribution is -0.140. The molecule has 0 aliphatic carbocycles. The Hall–Kier alpha value is -4.70. The number of anilines is 1. The number of carbonyl (C=O) groups excluding carboxylic acids is 2. The van der Waals surface area contributed by atoms with Crippen LogP contribution in [0.4, 0.5) is 10.1 Å². The van der Waals surface area contributed by atoms with Crippen LogP contribution in [0.2, 0.25) is 0 Å². The number of halogens is 1. The summed E-state index contributed by atoms with van der Waals surface area (Å²) < 4.78 is 48.6. The van der Waals surface area contributed by atoms with Crippen LogP contribution in [0.15, 0.2) is 108 Å². The average molecular weight is 660 g/mol. The van der Waals surface area contributed by atoms with Crippen LogP contribution in [0.5, 0.6) is 5.75 Å². The topological polar surface area (TPSA) is 96.0 Å². The van der Waals surface area contributed by atoms with Crippen LogP contribution in [-0.4, -0.2) is 50.9 Å². The first-order valence-corrected chi connectivity index (χ1v) is 17.2. The Kier molecular flexibility index (Phi) is 12.5.